The van der Waals surface area contributed by atoms with Crippen LogP contribution < -0.4 is 4.72 Å². The highest BCUT2D eigenvalue weighted by molar-refractivity contribution is 7.89. The van der Waals surface area contributed by atoms with Crippen LogP contribution in [0.4, 0.5) is 0 Å². The first kappa shape index (κ1) is 16.3. The summed E-state index contributed by atoms with van der Waals surface area (Å²) in [6.07, 6.45) is 4.04. The van der Waals surface area contributed by atoms with Gasteiger partial charge in [0.1, 0.15) is 10.5 Å². The van der Waals surface area contributed by atoms with Gasteiger partial charge < -0.3 is 4.40 Å². The van der Waals surface area contributed by atoms with Crippen molar-refractivity contribution in [2.45, 2.75) is 11.3 Å². The fourth-order valence-electron chi connectivity index (χ4n) is 2.19. The third-order valence-corrected chi connectivity index (χ3v) is 5.45. The summed E-state index contributed by atoms with van der Waals surface area (Å²) in [6.45, 7) is 0.227. The van der Waals surface area contributed by atoms with Crippen molar-refractivity contribution in [2.24, 2.45) is 0 Å². The van der Waals surface area contributed by atoms with Crippen molar-refractivity contribution in [3.63, 3.8) is 0 Å². The number of rotatable bonds is 5. The van der Waals surface area contributed by atoms with Gasteiger partial charge in [-0.2, -0.15) is 0 Å². The van der Waals surface area contributed by atoms with Crippen molar-refractivity contribution in [1.29, 1.82) is 0 Å². The monoisotopic (exact) mass is 369 g/mol. The second-order valence-corrected chi connectivity index (χ2v) is 7.50. The molecule has 2 heterocycles. The summed E-state index contributed by atoms with van der Waals surface area (Å²) in [6, 6.07) is 9.89. The highest BCUT2D eigenvalue weighted by Crippen LogP contribution is 2.20. The standard InChI is InChI=1S/C15H13Cl2N3O2S/c16-11-5-6-15-19-12(10-20(15)9-11)7-8-18-23(21,22)14-4-2-1-3-13(14)17/h1-6,9-10,18H,7-8H2. The van der Waals surface area contributed by atoms with E-state index in [1.807, 2.05) is 6.20 Å². The molecule has 8 heteroatoms. The predicted molar refractivity (Wildman–Crippen MR) is 90.5 cm³/mol. The molecular weight excluding hydrogens is 357 g/mol. The Hall–Kier alpha value is -1.60. The van der Waals surface area contributed by atoms with E-state index in [0.717, 1.165) is 11.3 Å². The number of hydrogen-bond donors (Lipinski definition) is 1. The Morgan fingerprint density at radius 2 is 1.87 bits per heavy atom. The molecule has 0 fully saturated rings. The van der Waals surface area contributed by atoms with E-state index >= 15 is 0 Å². The van der Waals surface area contributed by atoms with Crippen LogP contribution in [0.3, 0.4) is 0 Å². The van der Waals surface area contributed by atoms with Crippen molar-refractivity contribution in [3.8, 4) is 0 Å². The van der Waals surface area contributed by atoms with Gasteiger partial charge >= 0.3 is 0 Å². The topological polar surface area (TPSA) is 63.5 Å². The number of nitrogens with zero attached hydrogens (tertiary/aromatic N) is 2. The summed E-state index contributed by atoms with van der Waals surface area (Å²) in [5, 5.41) is 0.809. The Morgan fingerprint density at radius 3 is 2.65 bits per heavy atom. The fourth-order valence-corrected chi connectivity index (χ4v) is 3.91. The molecule has 0 aliphatic carbocycles. The van der Waals surface area contributed by atoms with Gasteiger partial charge in [-0.25, -0.2) is 18.1 Å². The van der Waals surface area contributed by atoms with Crippen LogP contribution in [0.2, 0.25) is 10.0 Å². The lowest BCUT2D eigenvalue weighted by molar-refractivity contribution is 0.581. The fraction of sp³-hybridized carbons (Fsp3) is 0.133. The van der Waals surface area contributed by atoms with E-state index in [4.69, 9.17) is 23.2 Å². The molecule has 3 rings (SSSR count). The molecule has 0 saturated carbocycles. The van der Waals surface area contributed by atoms with Crippen LogP contribution in [0.25, 0.3) is 5.65 Å². The summed E-state index contributed by atoms with van der Waals surface area (Å²) in [4.78, 5) is 4.48. The molecule has 2 aromatic heterocycles. The third kappa shape index (κ3) is 3.67. The summed E-state index contributed by atoms with van der Waals surface area (Å²) in [5.41, 5.74) is 1.53. The number of pyridine rings is 1. The van der Waals surface area contributed by atoms with Gasteiger partial charge in [-0.1, -0.05) is 35.3 Å². The second-order valence-electron chi connectivity index (χ2n) is 4.92. The highest BCUT2D eigenvalue weighted by atomic mass is 35.5. The van der Waals surface area contributed by atoms with Crippen LogP contribution in [0.5, 0.6) is 0 Å². The number of halogens is 2. The largest absolute Gasteiger partial charge is 0.305 e. The van der Waals surface area contributed by atoms with Crippen LogP contribution in [0.1, 0.15) is 5.69 Å². The van der Waals surface area contributed by atoms with Crippen LogP contribution in [0.15, 0.2) is 53.7 Å². The normalized spacial score (nSPS) is 11.9. The van der Waals surface area contributed by atoms with Crippen LogP contribution in [0, 0.1) is 0 Å². The van der Waals surface area contributed by atoms with Gasteiger partial charge in [0.25, 0.3) is 0 Å². The predicted octanol–water partition coefficient (Wildman–Crippen LogP) is 3.16. The van der Waals surface area contributed by atoms with E-state index in [1.54, 1.807) is 40.9 Å². The smallest absolute Gasteiger partial charge is 0.242 e. The van der Waals surface area contributed by atoms with E-state index in [2.05, 4.69) is 9.71 Å². The number of nitrogens with one attached hydrogen (secondary N) is 1. The number of fused-ring (bicyclic) bond motifs is 1. The van der Waals surface area contributed by atoms with Crippen LogP contribution in [-0.4, -0.2) is 24.3 Å². The van der Waals surface area contributed by atoms with Gasteiger partial charge in [-0.3, -0.25) is 0 Å². The minimum absolute atomic E-state index is 0.0726. The van der Waals surface area contributed by atoms with Crippen LogP contribution >= 0.6 is 23.2 Å². The molecule has 120 valence electrons. The van der Waals surface area contributed by atoms with Gasteiger partial charge in [0, 0.05) is 25.4 Å². The molecule has 3 aromatic rings. The molecular formula is C15H13Cl2N3O2S. The Bertz CT molecular complexity index is 954. The zero-order valence-corrected chi connectivity index (χ0v) is 14.2. The molecule has 0 radical (unpaired) electrons. The first-order valence-corrected chi connectivity index (χ1v) is 9.07. The molecule has 0 spiro atoms. The highest BCUT2D eigenvalue weighted by Gasteiger charge is 2.16. The maximum atomic E-state index is 12.2. The lowest BCUT2D eigenvalue weighted by atomic mass is 10.3. The molecule has 0 amide bonds. The molecule has 1 aromatic carbocycles. The number of aromatic nitrogens is 2. The maximum absolute atomic E-state index is 12.2. The Labute approximate surface area is 143 Å². The van der Waals surface area contributed by atoms with Gasteiger partial charge in [-0.05, 0) is 24.3 Å². The molecule has 0 atom stereocenters. The van der Waals surface area contributed by atoms with Gasteiger partial charge in [0.05, 0.1) is 15.7 Å². The molecule has 0 saturated heterocycles. The minimum Gasteiger partial charge on any atom is -0.305 e. The quantitative estimate of drug-likeness (QED) is 0.751. The molecule has 23 heavy (non-hydrogen) atoms. The Balaban J connectivity index is 1.69. The average Bonchev–Trinajstić information content (AvgIpc) is 2.89. The first-order chi connectivity index (χ1) is 11.0. The first-order valence-electron chi connectivity index (χ1n) is 6.83. The van der Waals surface area contributed by atoms with Crippen molar-refractivity contribution >= 4 is 38.9 Å². The number of sulfonamides is 1. The van der Waals surface area contributed by atoms with Crippen LogP contribution in [-0.2, 0) is 16.4 Å². The Kier molecular flexibility index (Phi) is 4.59. The average molecular weight is 370 g/mol. The lowest BCUT2D eigenvalue weighted by Crippen LogP contribution is -2.26. The summed E-state index contributed by atoms with van der Waals surface area (Å²) >= 11 is 11.8. The maximum Gasteiger partial charge on any atom is 0.242 e. The molecule has 5 nitrogen and oxygen atoms in total. The van der Waals surface area contributed by atoms with Gasteiger partial charge in [-0.15, -0.1) is 0 Å². The SMILES string of the molecule is O=S(=O)(NCCc1cn2cc(Cl)ccc2n1)c1ccccc1Cl. The summed E-state index contributed by atoms with van der Waals surface area (Å²) < 4.78 is 28.8. The second kappa shape index (κ2) is 6.49. The van der Waals surface area contributed by atoms with Crippen molar-refractivity contribution < 1.29 is 8.42 Å². The van der Waals surface area contributed by atoms with E-state index in [9.17, 15) is 8.42 Å². The summed E-state index contributed by atoms with van der Waals surface area (Å²) in [7, 11) is -3.64. The van der Waals surface area contributed by atoms with Crippen molar-refractivity contribution in [3.05, 3.63) is 64.5 Å². The number of imidazole rings is 1. The number of benzene rings is 1. The molecule has 0 bridgehead atoms. The van der Waals surface area contributed by atoms with E-state index in [-0.39, 0.29) is 16.5 Å². The summed E-state index contributed by atoms with van der Waals surface area (Å²) in [5.74, 6) is 0. The minimum atomic E-state index is -3.64. The van der Waals surface area contributed by atoms with Gasteiger partial charge in [0.15, 0.2) is 0 Å². The third-order valence-electron chi connectivity index (χ3n) is 3.26. The molecule has 0 aliphatic rings. The van der Waals surface area contributed by atoms with Crippen molar-refractivity contribution in [1.82, 2.24) is 14.1 Å². The number of hydrogen-bond acceptors (Lipinski definition) is 3. The van der Waals surface area contributed by atoms with E-state index < -0.39 is 10.0 Å². The lowest BCUT2D eigenvalue weighted by Gasteiger charge is -2.07. The zero-order chi connectivity index (χ0) is 16.4. The Morgan fingerprint density at radius 1 is 1.09 bits per heavy atom. The van der Waals surface area contributed by atoms with Crippen molar-refractivity contribution in [2.75, 3.05) is 6.54 Å². The van der Waals surface area contributed by atoms with Gasteiger partial charge in [0.2, 0.25) is 10.0 Å². The zero-order valence-electron chi connectivity index (χ0n) is 11.9. The van der Waals surface area contributed by atoms with E-state index in [0.29, 0.717) is 11.4 Å². The molecule has 0 aliphatic heterocycles. The van der Waals surface area contributed by atoms with E-state index in [1.165, 1.54) is 6.07 Å². The molecule has 0 unspecified atom stereocenters. The molecule has 1 N–H and O–H groups in total.